The Morgan fingerprint density at radius 1 is 1.43 bits per heavy atom. The van der Waals surface area contributed by atoms with Crippen LogP contribution in [0.5, 0.6) is 0 Å². The third kappa shape index (κ3) is 2.87. The summed E-state index contributed by atoms with van der Waals surface area (Å²) in [6, 6.07) is 9.83. The fourth-order valence-corrected chi connectivity index (χ4v) is 3.72. The van der Waals surface area contributed by atoms with Crippen molar-refractivity contribution in [1.82, 2.24) is 15.1 Å². The summed E-state index contributed by atoms with van der Waals surface area (Å²) in [5.41, 5.74) is 2.02. The van der Waals surface area contributed by atoms with Gasteiger partial charge in [-0.15, -0.1) is 11.3 Å². The van der Waals surface area contributed by atoms with Crippen LogP contribution in [-0.2, 0) is 13.6 Å². The lowest BCUT2D eigenvalue weighted by molar-refractivity contribution is 0.0955. The number of thiophene rings is 1. The Bertz CT molecular complexity index is 787. The molecule has 1 amide bonds. The molecule has 3 aromatic rings. The molecule has 2 aromatic heterocycles. The third-order valence-corrected chi connectivity index (χ3v) is 4.96. The second kappa shape index (κ2) is 5.61. The number of nitrogens with zero attached hydrogens (tertiary/aromatic N) is 2. The van der Waals surface area contributed by atoms with E-state index in [4.69, 9.17) is 0 Å². The Morgan fingerprint density at radius 3 is 2.95 bits per heavy atom. The van der Waals surface area contributed by atoms with Crippen molar-refractivity contribution in [2.24, 2.45) is 7.05 Å². The predicted molar refractivity (Wildman–Crippen MR) is 88.6 cm³/mol. The van der Waals surface area contributed by atoms with Crippen LogP contribution in [0.3, 0.4) is 0 Å². The van der Waals surface area contributed by atoms with Crippen molar-refractivity contribution in [2.45, 2.75) is 13.5 Å². The molecular weight excluding hydrogens is 350 g/mol. The van der Waals surface area contributed by atoms with Crippen LogP contribution in [0.1, 0.15) is 20.9 Å². The predicted octanol–water partition coefficient (Wildman–Crippen LogP) is 3.64. The molecule has 0 aliphatic rings. The zero-order valence-electron chi connectivity index (χ0n) is 11.7. The summed E-state index contributed by atoms with van der Waals surface area (Å²) in [4.78, 5) is 14.0. The molecule has 0 radical (unpaired) electrons. The lowest BCUT2D eigenvalue weighted by atomic mass is 10.2. The van der Waals surface area contributed by atoms with E-state index in [1.54, 1.807) is 0 Å². The zero-order valence-corrected chi connectivity index (χ0v) is 14.1. The van der Waals surface area contributed by atoms with Crippen LogP contribution in [0.2, 0.25) is 0 Å². The van der Waals surface area contributed by atoms with Crippen molar-refractivity contribution >= 4 is 43.4 Å². The number of hydrogen-bond donors (Lipinski definition) is 1. The molecule has 4 nitrogen and oxygen atoms in total. The Morgan fingerprint density at radius 2 is 2.24 bits per heavy atom. The summed E-state index contributed by atoms with van der Waals surface area (Å²) in [6.45, 7) is 2.47. The molecule has 6 heteroatoms. The van der Waals surface area contributed by atoms with Gasteiger partial charge in [0, 0.05) is 23.5 Å². The van der Waals surface area contributed by atoms with E-state index in [1.807, 2.05) is 49.0 Å². The van der Waals surface area contributed by atoms with E-state index in [9.17, 15) is 4.79 Å². The lowest BCUT2D eigenvalue weighted by Crippen LogP contribution is -2.21. The highest BCUT2D eigenvalue weighted by Crippen LogP contribution is 2.27. The molecular formula is C15H14BrN3OS. The van der Waals surface area contributed by atoms with Crippen LogP contribution in [0.15, 0.2) is 34.8 Å². The van der Waals surface area contributed by atoms with Gasteiger partial charge in [0.2, 0.25) is 0 Å². The van der Waals surface area contributed by atoms with E-state index in [0.717, 1.165) is 30.8 Å². The highest BCUT2D eigenvalue weighted by Gasteiger charge is 2.14. The molecule has 0 saturated carbocycles. The van der Waals surface area contributed by atoms with Crippen molar-refractivity contribution in [3.05, 3.63) is 50.9 Å². The van der Waals surface area contributed by atoms with E-state index < -0.39 is 0 Å². The fourth-order valence-electron chi connectivity index (χ4n) is 2.23. The van der Waals surface area contributed by atoms with Gasteiger partial charge in [0.05, 0.1) is 10.6 Å². The van der Waals surface area contributed by atoms with Gasteiger partial charge in [-0.25, -0.2) is 0 Å². The van der Waals surface area contributed by atoms with Gasteiger partial charge < -0.3 is 5.32 Å². The zero-order chi connectivity index (χ0) is 15.0. The number of aromatic nitrogens is 2. The first-order valence-electron chi connectivity index (χ1n) is 6.50. The minimum Gasteiger partial charge on any atom is -0.347 e. The van der Waals surface area contributed by atoms with Gasteiger partial charge in [-0.1, -0.05) is 28.1 Å². The van der Waals surface area contributed by atoms with Crippen LogP contribution in [0.25, 0.3) is 10.2 Å². The van der Waals surface area contributed by atoms with Gasteiger partial charge in [-0.05, 0) is 30.7 Å². The number of aryl methyl sites for hydroxylation is 2. The SMILES string of the molecule is Cc1nn(C)c2sc(C(=O)NCc3cccc(Br)c3)cc12. The van der Waals surface area contributed by atoms with Gasteiger partial charge in [0.15, 0.2) is 0 Å². The van der Waals surface area contributed by atoms with Crippen molar-refractivity contribution in [1.29, 1.82) is 0 Å². The van der Waals surface area contributed by atoms with Gasteiger partial charge in [-0.3, -0.25) is 9.48 Å². The maximum Gasteiger partial charge on any atom is 0.261 e. The molecule has 3 rings (SSSR count). The first kappa shape index (κ1) is 14.3. The molecule has 0 unspecified atom stereocenters. The summed E-state index contributed by atoms with van der Waals surface area (Å²) in [6.07, 6.45) is 0. The van der Waals surface area contributed by atoms with E-state index >= 15 is 0 Å². The van der Waals surface area contributed by atoms with Crippen molar-refractivity contribution in [3.63, 3.8) is 0 Å². The number of halogens is 1. The third-order valence-electron chi connectivity index (χ3n) is 3.26. The molecule has 0 aliphatic carbocycles. The van der Waals surface area contributed by atoms with E-state index in [2.05, 4.69) is 26.3 Å². The largest absolute Gasteiger partial charge is 0.347 e. The van der Waals surface area contributed by atoms with Gasteiger partial charge >= 0.3 is 0 Å². The second-order valence-corrected chi connectivity index (χ2v) is 6.80. The summed E-state index contributed by atoms with van der Waals surface area (Å²) in [7, 11) is 1.90. The number of rotatable bonds is 3. The highest BCUT2D eigenvalue weighted by atomic mass is 79.9. The molecule has 2 heterocycles. The number of fused-ring (bicyclic) bond motifs is 1. The fraction of sp³-hybridized carbons (Fsp3) is 0.200. The van der Waals surface area contributed by atoms with Crippen LogP contribution in [-0.4, -0.2) is 15.7 Å². The first-order valence-corrected chi connectivity index (χ1v) is 8.11. The highest BCUT2D eigenvalue weighted by molar-refractivity contribution is 9.10. The van der Waals surface area contributed by atoms with Crippen LogP contribution in [0.4, 0.5) is 0 Å². The molecule has 0 bridgehead atoms. The van der Waals surface area contributed by atoms with Crippen LogP contribution < -0.4 is 5.32 Å². The standard InChI is InChI=1S/C15H14BrN3OS/c1-9-12-7-13(21-15(12)19(2)18-9)14(20)17-8-10-4-3-5-11(16)6-10/h3-7H,8H2,1-2H3,(H,17,20). The number of amides is 1. The van der Waals surface area contributed by atoms with Crippen molar-refractivity contribution in [2.75, 3.05) is 0 Å². The van der Waals surface area contributed by atoms with Crippen molar-refractivity contribution in [3.8, 4) is 0 Å². The first-order chi connectivity index (χ1) is 10.0. The Labute approximate surface area is 134 Å². The molecule has 21 heavy (non-hydrogen) atoms. The topological polar surface area (TPSA) is 46.9 Å². The van der Waals surface area contributed by atoms with Crippen LogP contribution in [0, 0.1) is 6.92 Å². The summed E-state index contributed by atoms with van der Waals surface area (Å²) in [5, 5.41) is 8.35. The quantitative estimate of drug-likeness (QED) is 0.772. The molecule has 0 spiro atoms. The molecule has 1 N–H and O–H groups in total. The number of hydrogen-bond acceptors (Lipinski definition) is 3. The minimum atomic E-state index is -0.0458. The van der Waals surface area contributed by atoms with Gasteiger partial charge in [-0.2, -0.15) is 5.10 Å². The Hall–Kier alpha value is -1.66. The molecule has 0 atom stereocenters. The average molecular weight is 364 g/mol. The number of benzene rings is 1. The summed E-state index contributed by atoms with van der Waals surface area (Å²) in [5.74, 6) is -0.0458. The number of nitrogens with one attached hydrogen (secondary N) is 1. The molecule has 0 fully saturated rings. The van der Waals surface area contributed by atoms with Gasteiger partial charge in [0.1, 0.15) is 4.83 Å². The molecule has 0 aliphatic heterocycles. The Kier molecular flexibility index (Phi) is 3.82. The average Bonchev–Trinajstić information content (AvgIpc) is 2.99. The van der Waals surface area contributed by atoms with Gasteiger partial charge in [0.25, 0.3) is 5.91 Å². The molecule has 0 saturated heterocycles. The van der Waals surface area contributed by atoms with Crippen molar-refractivity contribution < 1.29 is 4.79 Å². The normalized spacial score (nSPS) is 11.0. The van der Waals surface area contributed by atoms with Crippen LogP contribution >= 0.6 is 27.3 Å². The number of carbonyl (C=O) groups excluding carboxylic acids is 1. The Balaban J connectivity index is 1.76. The maximum atomic E-state index is 12.3. The maximum absolute atomic E-state index is 12.3. The summed E-state index contributed by atoms with van der Waals surface area (Å²) >= 11 is 4.90. The summed E-state index contributed by atoms with van der Waals surface area (Å²) < 4.78 is 2.83. The number of carbonyl (C=O) groups is 1. The van der Waals surface area contributed by atoms with E-state index in [-0.39, 0.29) is 5.91 Å². The van der Waals surface area contributed by atoms with E-state index in [1.165, 1.54) is 11.3 Å². The van der Waals surface area contributed by atoms with E-state index in [0.29, 0.717) is 6.54 Å². The second-order valence-electron chi connectivity index (χ2n) is 4.85. The lowest BCUT2D eigenvalue weighted by Gasteiger charge is -2.04. The smallest absolute Gasteiger partial charge is 0.261 e. The minimum absolute atomic E-state index is 0.0458. The molecule has 1 aromatic carbocycles. The molecule has 108 valence electrons. The monoisotopic (exact) mass is 363 g/mol.